The van der Waals surface area contributed by atoms with Crippen LogP contribution < -0.4 is 4.90 Å². The van der Waals surface area contributed by atoms with Crippen molar-refractivity contribution < 1.29 is 22.7 Å². The molecule has 0 atom stereocenters. The van der Waals surface area contributed by atoms with E-state index in [2.05, 4.69) is 15.0 Å². The number of carbonyl (C=O) groups is 1. The van der Waals surface area contributed by atoms with E-state index in [-0.39, 0.29) is 11.6 Å². The molecule has 0 bridgehead atoms. The number of pyridine rings is 1. The summed E-state index contributed by atoms with van der Waals surface area (Å²) in [4.78, 5) is 23.6. The number of rotatable bonds is 6. The lowest BCUT2D eigenvalue weighted by Gasteiger charge is -2.39. The fourth-order valence-electron chi connectivity index (χ4n) is 7.57. The van der Waals surface area contributed by atoms with E-state index in [1.807, 2.05) is 107 Å². The third-order valence-electron chi connectivity index (χ3n) is 10.1. The van der Waals surface area contributed by atoms with Gasteiger partial charge in [-0.3, -0.25) is 9.67 Å². The van der Waals surface area contributed by atoms with Crippen LogP contribution in [-0.2, 0) is 16.5 Å². The van der Waals surface area contributed by atoms with Gasteiger partial charge in [0.1, 0.15) is 5.54 Å². The molecule has 2 fully saturated rings. The number of urea groups is 1. The summed E-state index contributed by atoms with van der Waals surface area (Å²) in [6.07, 6.45) is -1.49. The Bertz CT molecular complexity index is 2070. The number of hydrogen-bond donors (Lipinski definition) is 0. The Balaban J connectivity index is 1.23. The zero-order valence-electron chi connectivity index (χ0n) is 28.4. The Labute approximate surface area is 299 Å². The van der Waals surface area contributed by atoms with Gasteiger partial charge in [-0.05, 0) is 40.5 Å². The SMILES string of the molecule is O=C(N1CCOCC1)N1CCN(c2ccnc3ccc(-c4cn(C(c5ccccc5)(c5ccccc5)c5ccccc5)nc4C(F)(F)F)cc23)CC1. The van der Waals surface area contributed by atoms with Crippen LogP contribution in [0.2, 0.25) is 0 Å². The maximum atomic E-state index is 15.1. The lowest BCUT2D eigenvalue weighted by atomic mass is 9.77. The molecular weight excluding hydrogens is 665 g/mol. The molecule has 264 valence electrons. The Morgan fingerprint density at radius 3 is 1.79 bits per heavy atom. The molecule has 0 unspecified atom stereocenters. The molecule has 0 saturated carbocycles. The first-order chi connectivity index (χ1) is 25.3. The number of ether oxygens (including phenoxy) is 1. The molecule has 2 aromatic heterocycles. The number of morpholine rings is 1. The number of fused-ring (bicyclic) bond motifs is 1. The average molecular weight is 703 g/mol. The molecule has 8 rings (SSSR count). The van der Waals surface area contributed by atoms with Crippen molar-refractivity contribution in [2.24, 2.45) is 0 Å². The summed E-state index contributed by atoms with van der Waals surface area (Å²) >= 11 is 0. The van der Waals surface area contributed by atoms with Crippen LogP contribution in [0.15, 0.2) is 128 Å². The zero-order chi connectivity index (χ0) is 35.7. The predicted octanol–water partition coefficient (Wildman–Crippen LogP) is 7.53. The maximum absolute atomic E-state index is 15.1. The van der Waals surface area contributed by atoms with Crippen LogP contribution in [0.4, 0.5) is 23.7 Å². The molecule has 4 aromatic carbocycles. The largest absolute Gasteiger partial charge is 0.435 e. The minimum atomic E-state index is -4.74. The number of hydrogen-bond acceptors (Lipinski definition) is 5. The van der Waals surface area contributed by atoms with E-state index in [0.717, 1.165) is 27.8 Å². The van der Waals surface area contributed by atoms with E-state index in [1.54, 1.807) is 24.4 Å². The highest BCUT2D eigenvalue weighted by molar-refractivity contribution is 5.95. The molecule has 2 saturated heterocycles. The first-order valence-electron chi connectivity index (χ1n) is 17.4. The quantitative estimate of drug-likeness (QED) is 0.168. The van der Waals surface area contributed by atoms with Gasteiger partial charge in [-0.1, -0.05) is 97.1 Å². The number of halogens is 3. The molecule has 4 heterocycles. The Morgan fingerprint density at radius 1 is 0.673 bits per heavy atom. The summed E-state index contributed by atoms with van der Waals surface area (Å²) in [6.45, 7) is 4.47. The molecule has 0 radical (unpaired) electrons. The second-order valence-electron chi connectivity index (χ2n) is 13.1. The third-order valence-corrected chi connectivity index (χ3v) is 10.1. The van der Waals surface area contributed by atoms with Gasteiger partial charge in [-0.25, -0.2) is 4.79 Å². The minimum Gasteiger partial charge on any atom is -0.378 e. The van der Waals surface area contributed by atoms with E-state index in [9.17, 15) is 4.79 Å². The Hall–Kier alpha value is -5.68. The molecule has 11 heteroatoms. The summed E-state index contributed by atoms with van der Waals surface area (Å²) in [7, 11) is 0. The minimum absolute atomic E-state index is 0.0131. The molecule has 6 aromatic rings. The van der Waals surface area contributed by atoms with Gasteiger partial charge < -0.3 is 19.4 Å². The molecule has 0 spiro atoms. The van der Waals surface area contributed by atoms with Gasteiger partial charge in [0.2, 0.25) is 0 Å². The van der Waals surface area contributed by atoms with Crippen LogP contribution >= 0.6 is 0 Å². The second-order valence-corrected chi connectivity index (χ2v) is 13.1. The summed E-state index contributed by atoms with van der Waals surface area (Å²) < 4.78 is 52.3. The highest BCUT2D eigenvalue weighted by atomic mass is 19.4. The van der Waals surface area contributed by atoms with Crippen molar-refractivity contribution in [3.05, 3.63) is 150 Å². The summed E-state index contributed by atoms with van der Waals surface area (Å²) in [5.41, 5.74) is 2.00. The topological polar surface area (TPSA) is 66.7 Å². The third kappa shape index (κ3) is 6.04. The monoisotopic (exact) mass is 702 g/mol. The maximum Gasteiger partial charge on any atom is 0.435 e. The number of carbonyl (C=O) groups excluding carboxylic acids is 1. The summed E-state index contributed by atoms with van der Waals surface area (Å²) in [5, 5.41) is 5.16. The first-order valence-corrected chi connectivity index (χ1v) is 17.4. The van der Waals surface area contributed by atoms with Crippen LogP contribution in [0.1, 0.15) is 22.4 Å². The summed E-state index contributed by atoms with van der Waals surface area (Å²) in [5.74, 6) is 0. The number of benzene rings is 4. The smallest absolute Gasteiger partial charge is 0.378 e. The predicted molar refractivity (Wildman–Crippen MR) is 194 cm³/mol. The Morgan fingerprint density at radius 2 is 1.23 bits per heavy atom. The lowest BCUT2D eigenvalue weighted by molar-refractivity contribution is -0.141. The molecular formula is C41H37F3N6O2. The molecule has 0 N–H and O–H groups in total. The molecule has 52 heavy (non-hydrogen) atoms. The lowest BCUT2D eigenvalue weighted by Crippen LogP contribution is -2.54. The van der Waals surface area contributed by atoms with Crippen molar-refractivity contribution in [3.63, 3.8) is 0 Å². The second kappa shape index (κ2) is 13.8. The first kappa shape index (κ1) is 33.5. The normalized spacial score (nSPS) is 15.6. The van der Waals surface area contributed by atoms with Gasteiger partial charge in [0.15, 0.2) is 5.69 Å². The fraction of sp³-hybridized carbons (Fsp3) is 0.244. The number of piperazine rings is 1. The van der Waals surface area contributed by atoms with Gasteiger partial charge >= 0.3 is 12.2 Å². The summed E-state index contributed by atoms with van der Waals surface area (Å²) in [6, 6.07) is 35.7. The van der Waals surface area contributed by atoms with Gasteiger partial charge in [0.25, 0.3) is 0 Å². The Kier molecular flexibility index (Phi) is 8.88. The average Bonchev–Trinajstić information content (AvgIpc) is 3.66. The van der Waals surface area contributed by atoms with Gasteiger partial charge in [-0.15, -0.1) is 0 Å². The number of aromatic nitrogens is 3. The molecule has 2 amide bonds. The molecule has 2 aliphatic heterocycles. The standard InChI is InChI=1S/C41H37F3N6O2/c42-41(43,44)38-35(29-50(46-38)40(31-10-4-1-5-11-31,32-12-6-2-7-13-32)33-14-8-3-9-15-33)30-16-17-36-34(28-30)37(18-19-45-36)47-20-22-48(23-21-47)39(51)49-24-26-52-27-25-49/h1-19,28-29H,20-27H2. The number of alkyl halides is 3. The van der Waals surface area contributed by atoms with E-state index >= 15 is 13.2 Å². The van der Waals surface area contributed by atoms with Crippen LogP contribution in [0.25, 0.3) is 22.0 Å². The van der Waals surface area contributed by atoms with E-state index in [0.29, 0.717) is 63.6 Å². The fourth-order valence-corrected chi connectivity index (χ4v) is 7.57. The van der Waals surface area contributed by atoms with Crippen molar-refractivity contribution in [3.8, 4) is 11.1 Å². The van der Waals surface area contributed by atoms with Crippen molar-refractivity contribution in [2.75, 3.05) is 57.4 Å². The van der Waals surface area contributed by atoms with Crippen molar-refractivity contribution >= 4 is 22.6 Å². The molecule has 8 nitrogen and oxygen atoms in total. The van der Waals surface area contributed by atoms with E-state index in [1.165, 1.54) is 10.9 Å². The van der Waals surface area contributed by atoms with Crippen LogP contribution in [0.5, 0.6) is 0 Å². The van der Waals surface area contributed by atoms with E-state index in [4.69, 9.17) is 4.74 Å². The highest BCUT2D eigenvalue weighted by Crippen LogP contribution is 2.45. The number of anilines is 1. The van der Waals surface area contributed by atoms with Gasteiger partial charge in [0, 0.05) is 68.3 Å². The van der Waals surface area contributed by atoms with Crippen LogP contribution in [-0.4, -0.2) is 83.1 Å². The van der Waals surface area contributed by atoms with Crippen molar-refractivity contribution in [1.82, 2.24) is 24.6 Å². The van der Waals surface area contributed by atoms with Gasteiger partial charge in [-0.2, -0.15) is 18.3 Å². The highest BCUT2D eigenvalue weighted by Gasteiger charge is 2.44. The number of amides is 2. The number of nitrogens with zero attached hydrogens (tertiary/aromatic N) is 6. The van der Waals surface area contributed by atoms with Crippen molar-refractivity contribution in [2.45, 2.75) is 11.7 Å². The molecule has 2 aliphatic rings. The van der Waals surface area contributed by atoms with Crippen LogP contribution in [0.3, 0.4) is 0 Å². The van der Waals surface area contributed by atoms with E-state index < -0.39 is 17.4 Å². The van der Waals surface area contributed by atoms with Crippen LogP contribution in [0, 0.1) is 0 Å². The van der Waals surface area contributed by atoms with Gasteiger partial charge in [0.05, 0.1) is 18.7 Å². The zero-order valence-corrected chi connectivity index (χ0v) is 28.4. The van der Waals surface area contributed by atoms with Crippen molar-refractivity contribution in [1.29, 1.82) is 0 Å². The molecule has 0 aliphatic carbocycles.